The number of carbonyl (C=O) groups is 2. The molecule has 0 spiro atoms. The van der Waals surface area contributed by atoms with Crippen molar-refractivity contribution in [1.82, 2.24) is 9.97 Å². The molecule has 2 aromatic heterocycles. The molecule has 0 radical (unpaired) electrons. The molecule has 0 unspecified atom stereocenters. The lowest BCUT2D eigenvalue weighted by Gasteiger charge is -2.11. The number of hydrogen-bond donors (Lipinski definition) is 1. The zero-order valence-electron chi connectivity index (χ0n) is 15.0. The number of aromatic nitrogens is 2. The Balaban J connectivity index is 1.80. The lowest BCUT2D eigenvalue weighted by molar-refractivity contribution is -0.113. The lowest BCUT2D eigenvalue weighted by Crippen LogP contribution is -2.15. The Morgan fingerprint density at radius 3 is 2.71 bits per heavy atom. The van der Waals surface area contributed by atoms with Crippen molar-refractivity contribution in [3.8, 4) is 11.6 Å². The lowest BCUT2D eigenvalue weighted by atomic mass is 10.2. The van der Waals surface area contributed by atoms with Gasteiger partial charge in [-0.3, -0.25) is 9.59 Å². The van der Waals surface area contributed by atoms with Crippen LogP contribution in [-0.4, -0.2) is 27.4 Å². The van der Waals surface area contributed by atoms with E-state index in [4.69, 9.17) is 16.0 Å². The molecule has 1 amide bonds. The molecule has 28 heavy (non-hydrogen) atoms. The molecule has 0 aliphatic heterocycles. The Bertz CT molecular complexity index is 1040. The van der Waals surface area contributed by atoms with E-state index in [1.54, 1.807) is 19.1 Å². The summed E-state index contributed by atoms with van der Waals surface area (Å²) < 4.78 is 18.4. The molecule has 1 aromatic carbocycles. The summed E-state index contributed by atoms with van der Waals surface area (Å²) in [5, 5.41) is 3.09. The third-order valence-electron chi connectivity index (χ3n) is 3.70. The number of thioether (sulfide) groups is 1. The van der Waals surface area contributed by atoms with E-state index in [0.29, 0.717) is 33.6 Å². The largest absolute Gasteiger partial charge is 0.461 e. The topological polar surface area (TPSA) is 85.1 Å². The SMILES string of the molecule is CC(=O)c1c(C)nc(-c2ccco2)nc1SCC(=O)Nc1ccc(F)cc1Cl. The number of nitrogens with zero attached hydrogens (tertiary/aromatic N) is 2. The highest BCUT2D eigenvalue weighted by atomic mass is 35.5. The van der Waals surface area contributed by atoms with Crippen molar-refractivity contribution in [2.75, 3.05) is 11.1 Å². The third-order valence-corrected chi connectivity index (χ3v) is 4.98. The fourth-order valence-electron chi connectivity index (χ4n) is 2.48. The van der Waals surface area contributed by atoms with Crippen LogP contribution in [0.4, 0.5) is 10.1 Å². The molecule has 0 aliphatic carbocycles. The number of furan rings is 1. The summed E-state index contributed by atoms with van der Waals surface area (Å²) in [6.45, 7) is 3.12. The third kappa shape index (κ3) is 4.58. The van der Waals surface area contributed by atoms with Gasteiger partial charge in [0.2, 0.25) is 5.91 Å². The fraction of sp³-hybridized carbons (Fsp3) is 0.158. The molecule has 0 bridgehead atoms. The average Bonchev–Trinajstić information content (AvgIpc) is 3.16. The van der Waals surface area contributed by atoms with Gasteiger partial charge in [0.1, 0.15) is 10.8 Å². The van der Waals surface area contributed by atoms with Gasteiger partial charge < -0.3 is 9.73 Å². The highest BCUT2D eigenvalue weighted by Crippen LogP contribution is 2.28. The molecule has 0 saturated carbocycles. The van der Waals surface area contributed by atoms with Crippen LogP contribution in [0.15, 0.2) is 46.0 Å². The quantitative estimate of drug-likeness (QED) is 0.352. The summed E-state index contributed by atoms with van der Waals surface area (Å²) in [5.74, 6) is -0.302. The average molecular weight is 420 g/mol. The predicted molar refractivity (Wildman–Crippen MR) is 105 cm³/mol. The number of carbonyl (C=O) groups excluding carboxylic acids is 2. The van der Waals surface area contributed by atoms with Gasteiger partial charge in [0, 0.05) is 0 Å². The van der Waals surface area contributed by atoms with Gasteiger partial charge >= 0.3 is 0 Å². The minimum Gasteiger partial charge on any atom is -0.461 e. The normalized spacial score (nSPS) is 10.7. The van der Waals surface area contributed by atoms with Crippen LogP contribution < -0.4 is 5.32 Å². The molecule has 3 aromatic rings. The van der Waals surface area contributed by atoms with Gasteiger partial charge in [0.05, 0.1) is 34.0 Å². The van der Waals surface area contributed by atoms with Crippen LogP contribution >= 0.6 is 23.4 Å². The number of hydrogen-bond acceptors (Lipinski definition) is 6. The van der Waals surface area contributed by atoms with Gasteiger partial charge in [-0.1, -0.05) is 23.4 Å². The van der Waals surface area contributed by atoms with Crippen LogP contribution in [0.5, 0.6) is 0 Å². The number of ketones is 1. The minimum absolute atomic E-state index is 0.0258. The van der Waals surface area contributed by atoms with Gasteiger partial charge in [-0.15, -0.1) is 0 Å². The van der Waals surface area contributed by atoms with Gasteiger partial charge in [0.25, 0.3) is 0 Å². The molecule has 0 fully saturated rings. The van der Waals surface area contributed by atoms with Crippen LogP contribution in [0, 0.1) is 12.7 Å². The van der Waals surface area contributed by atoms with Crippen molar-refractivity contribution >= 4 is 40.7 Å². The van der Waals surface area contributed by atoms with Crippen LogP contribution in [0.2, 0.25) is 5.02 Å². The molecule has 2 heterocycles. The fourth-order valence-corrected chi connectivity index (χ4v) is 3.62. The maximum atomic E-state index is 13.1. The number of halogens is 2. The zero-order valence-corrected chi connectivity index (χ0v) is 16.5. The first-order valence-electron chi connectivity index (χ1n) is 8.16. The summed E-state index contributed by atoms with van der Waals surface area (Å²) in [7, 11) is 0. The van der Waals surface area contributed by atoms with Crippen LogP contribution in [-0.2, 0) is 4.79 Å². The summed E-state index contributed by atoms with van der Waals surface area (Å²) in [4.78, 5) is 33.0. The zero-order chi connectivity index (χ0) is 20.3. The number of benzene rings is 1. The Labute approximate surface area is 169 Å². The highest BCUT2D eigenvalue weighted by Gasteiger charge is 2.19. The second-order valence-electron chi connectivity index (χ2n) is 5.81. The molecule has 6 nitrogen and oxygen atoms in total. The van der Waals surface area contributed by atoms with E-state index in [1.165, 1.54) is 25.3 Å². The van der Waals surface area contributed by atoms with Crippen molar-refractivity contribution in [1.29, 1.82) is 0 Å². The molecule has 1 N–H and O–H groups in total. The Hall–Kier alpha value is -2.71. The molecular formula is C19H15ClFN3O3S. The van der Waals surface area contributed by atoms with E-state index >= 15 is 0 Å². The van der Waals surface area contributed by atoms with Crippen molar-refractivity contribution in [2.24, 2.45) is 0 Å². The number of nitrogens with one attached hydrogen (secondary N) is 1. The van der Waals surface area contributed by atoms with Gasteiger partial charge in [-0.2, -0.15) is 0 Å². The number of Topliss-reactive ketones (excluding diaryl/α,β-unsaturated/α-hetero) is 1. The highest BCUT2D eigenvalue weighted by molar-refractivity contribution is 8.00. The van der Waals surface area contributed by atoms with E-state index in [9.17, 15) is 14.0 Å². The van der Waals surface area contributed by atoms with E-state index in [1.807, 2.05) is 0 Å². The van der Waals surface area contributed by atoms with Gasteiger partial charge in [-0.05, 0) is 44.2 Å². The van der Waals surface area contributed by atoms with Crippen molar-refractivity contribution < 1.29 is 18.4 Å². The number of aryl methyl sites for hydroxylation is 1. The van der Waals surface area contributed by atoms with Crippen LogP contribution in [0.3, 0.4) is 0 Å². The van der Waals surface area contributed by atoms with E-state index in [2.05, 4.69) is 15.3 Å². The standard InChI is InChI=1S/C19H15ClFN3O3S/c1-10-17(11(2)25)19(24-18(22-10)15-4-3-7-27-15)28-9-16(26)23-14-6-5-12(21)8-13(14)20/h3-8H,9H2,1-2H3,(H,23,26). The molecule has 144 valence electrons. The first-order valence-corrected chi connectivity index (χ1v) is 9.52. The second kappa shape index (κ2) is 8.53. The molecular weight excluding hydrogens is 405 g/mol. The Kier molecular flexibility index (Phi) is 6.11. The first kappa shape index (κ1) is 20.0. The molecule has 9 heteroatoms. The maximum absolute atomic E-state index is 13.1. The monoisotopic (exact) mass is 419 g/mol. The number of anilines is 1. The van der Waals surface area contributed by atoms with Gasteiger partial charge in [-0.25, -0.2) is 14.4 Å². The van der Waals surface area contributed by atoms with Crippen molar-refractivity contribution in [2.45, 2.75) is 18.9 Å². The number of amides is 1. The molecule has 0 saturated heterocycles. The van der Waals surface area contributed by atoms with Crippen LogP contribution in [0.1, 0.15) is 23.0 Å². The summed E-state index contributed by atoms with van der Waals surface area (Å²) in [5.41, 5.74) is 1.15. The molecule has 3 rings (SSSR count). The van der Waals surface area contributed by atoms with Crippen LogP contribution in [0.25, 0.3) is 11.6 Å². The molecule has 0 atom stereocenters. The van der Waals surface area contributed by atoms with Crippen molar-refractivity contribution in [3.05, 3.63) is 58.7 Å². The van der Waals surface area contributed by atoms with E-state index < -0.39 is 5.82 Å². The van der Waals surface area contributed by atoms with E-state index in [0.717, 1.165) is 17.8 Å². The summed E-state index contributed by atoms with van der Waals surface area (Å²) >= 11 is 7.01. The van der Waals surface area contributed by atoms with Crippen molar-refractivity contribution in [3.63, 3.8) is 0 Å². The first-order chi connectivity index (χ1) is 13.3. The summed E-state index contributed by atoms with van der Waals surface area (Å²) in [6, 6.07) is 7.11. The maximum Gasteiger partial charge on any atom is 0.234 e. The Morgan fingerprint density at radius 2 is 2.07 bits per heavy atom. The number of rotatable bonds is 6. The van der Waals surface area contributed by atoms with Gasteiger partial charge in [0.15, 0.2) is 17.4 Å². The minimum atomic E-state index is -0.495. The predicted octanol–water partition coefficient (Wildman–Crippen LogP) is 4.77. The molecule has 0 aliphatic rings. The summed E-state index contributed by atoms with van der Waals surface area (Å²) in [6.07, 6.45) is 1.50. The second-order valence-corrected chi connectivity index (χ2v) is 7.18. The Morgan fingerprint density at radius 1 is 1.29 bits per heavy atom. The van der Waals surface area contributed by atoms with E-state index in [-0.39, 0.29) is 22.5 Å². The smallest absolute Gasteiger partial charge is 0.234 e.